The lowest BCUT2D eigenvalue weighted by molar-refractivity contribution is 0.0952. The number of rotatable bonds is 3. The summed E-state index contributed by atoms with van der Waals surface area (Å²) in [5.41, 5.74) is 0.817. The average Bonchev–Trinajstić information content (AvgIpc) is 2.30. The third kappa shape index (κ3) is 2.90. The third-order valence-electron chi connectivity index (χ3n) is 2.99. The molecular weight excluding hydrogens is 200 g/mol. The highest BCUT2D eigenvalue weighted by Crippen LogP contribution is 2.08. The summed E-state index contributed by atoms with van der Waals surface area (Å²) < 4.78 is 0. The van der Waals surface area contributed by atoms with Crippen LogP contribution >= 0.6 is 0 Å². The van der Waals surface area contributed by atoms with Crippen LogP contribution in [0.2, 0.25) is 0 Å². The van der Waals surface area contributed by atoms with Gasteiger partial charge in [-0.15, -0.1) is 0 Å². The van der Waals surface area contributed by atoms with Crippen molar-refractivity contribution in [3.05, 3.63) is 35.9 Å². The summed E-state index contributed by atoms with van der Waals surface area (Å²) in [6.07, 6.45) is 0.592. The first kappa shape index (κ1) is 11.3. The fourth-order valence-corrected chi connectivity index (χ4v) is 2.09. The Morgan fingerprint density at radius 3 is 2.88 bits per heavy atom. The van der Waals surface area contributed by atoms with Crippen molar-refractivity contribution in [3.8, 4) is 0 Å². The second-order valence-electron chi connectivity index (χ2n) is 4.41. The van der Waals surface area contributed by atoms with E-state index in [1.807, 2.05) is 30.3 Å². The molecule has 0 spiro atoms. The van der Waals surface area contributed by atoms with Gasteiger partial charge >= 0.3 is 0 Å². The van der Waals surface area contributed by atoms with E-state index < -0.39 is 0 Å². The molecule has 86 valence electrons. The van der Waals surface area contributed by atoms with E-state index >= 15 is 0 Å². The number of nitrogens with one attached hydrogen (secondary N) is 1. The van der Waals surface area contributed by atoms with Crippen LogP contribution in [0, 0.1) is 0 Å². The number of piperazine rings is 1. The van der Waals surface area contributed by atoms with Gasteiger partial charge in [-0.3, -0.25) is 4.79 Å². The lowest BCUT2D eigenvalue weighted by atomic mass is 10.0. The summed E-state index contributed by atoms with van der Waals surface area (Å²) in [6.45, 7) is 3.00. The smallest absolute Gasteiger partial charge is 0.164 e. The predicted molar refractivity (Wildman–Crippen MR) is 64.7 cm³/mol. The summed E-state index contributed by atoms with van der Waals surface area (Å²) in [5.74, 6) is 0.230. The minimum atomic E-state index is 0.230. The fraction of sp³-hybridized carbons (Fsp3) is 0.462. The number of hydrogen-bond donors (Lipinski definition) is 1. The van der Waals surface area contributed by atoms with Crippen molar-refractivity contribution in [1.29, 1.82) is 0 Å². The maximum Gasteiger partial charge on any atom is 0.164 e. The molecule has 0 saturated carbocycles. The minimum absolute atomic E-state index is 0.230. The molecule has 16 heavy (non-hydrogen) atoms. The van der Waals surface area contributed by atoms with E-state index in [0.717, 1.165) is 25.2 Å². The van der Waals surface area contributed by atoms with E-state index in [0.29, 0.717) is 12.5 Å². The second kappa shape index (κ2) is 5.23. The van der Waals surface area contributed by atoms with Crippen LogP contribution in [0.1, 0.15) is 16.8 Å². The zero-order valence-corrected chi connectivity index (χ0v) is 9.65. The molecule has 1 unspecified atom stereocenters. The van der Waals surface area contributed by atoms with Crippen molar-refractivity contribution in [1.82, 2.24) is 10.2 Å². The Bertz CT molecular complexity index is 350. The molecule has 1 aromatic carbocycles. The molecule has 0 bridgehead atoms. The summed E-state index contributed by atoms with van der Waals surface area (Å²) in [4.78, 5) is 14.2. The Morgan fingerprint density at radius 1 is 1.44 bits per heavy atom. The van der Waals surface area contributed by atoms with Gasteiger partial charge in [0.2, 0.25) is 0 Å². The van der Waals surface area contributed by atoms with Gasteiger partial charge in [0.15, 0.2) is 5.78 Å². The van der Waals surface area contributed by atoms with Gasteiger partial charge in [0.25, 0.3) is 0 Å². The number of ketones is 1. The average molecular weight is 218 g/mol. The molecule has 2 rings (SSSR count). The molecule has 0 radical (unpaired) electrons. The van der Waals surface area contributed by atoms with E-state index in [9.17, 15) is 4.79 Å². The highest BCUT2D eigenvalue weighted by Gasteiger charge is 2.19. The molecule has 1 aliphatic rings. The van der Waals surface area contributed by atoms with Crippen LogP contribution in [0.4, 0.5) is 0 Å². The van der Waals surface area contributed by atoms with E-state index in [1.165, 1.54) is 0 Å². The topological polar surface area (TPSA) is 32.3 Å². The standard InChI is InChI=1S/C13H18N2O/c1-15-8-7-14-12(10-15)9-13(16)11-5-3-2-4-6-11/h2-6,12,14H,7-10H2,1H3. The quantitative estimate of drug-likeness (QED) is 0.773. The minimum Gasteiger partial charge on any atom is -0.311 e. The van der Waals surface area contributed by atoms with Crippen molar-refractivity contribution < 1.29 is 4.79 Å². The Morgan fingerprint density at radius 2 is 2.19 bits per heavy atom. The first-order chi connectivity index (χ1) is 7.75. The Balaban J connectivity index is 1.92. The Kier molecular flexibility index (Phi) is 3.70. The normalized spacial score (nSPS) is 21.9. The highest BCUT2D eigenvalue weighted by atomic mass is 16.1. The first-order valence-electron chi connectivity index (χ1n) is 5.76. The van der Waals surface area contributed by atoms with Crippen LogP contribution in [0.15, 0.2) is 30.3 Å². The molecule has 1 fully saturated rings. The number of likely N-dealkylation sites (N-methyl/N-ethyl adjacent to an activating group) is 1. The number of nitrogens with zero attached hydrogens (tertiary/aromatic N) is 1. The molecule has 3 nitrogen and oxygen atoms in total. The van der Waals surface area contributed by atoms with Crippen LogP contribution in [0.5, 0.6) is 0 Å². The van der Waals surface area contributed by atoms with Gasteiger partial charge in [0, 0.05) is 37.7 Å². The molecule has 1 aromatic rings. The Labute approximate surface area is 96.5 Å². The molecule has 0 amide bonds. The molecule has 0 aliphatic carbocycles. The van der Waals surface area contributed by atoms with Crippen LogP contribution in [-0.2, 0) is 0 Å². The summed E-state index contributed by atoms with van der Waals surface area (Å²) in [7, 11) is 2.10. The zero-order chi connectivity index (χ0) is 11.4. The number of benzene rings is 1. The van der Waals surface area contributed by atoms with Crippen molar-refractivity contribution in [2.24, 2.45) is 0 Å². The molecule has 1 atom stereocenters. The van der Waals surface area contributed by atoms with Crippen molar-refractivity contribution in [2.75, 3.05) is 26.7 Å². The van der Waals surface area contributed by atoms with Gasteiger partial charge in [0.05, 0.1) is 0 Å². The van der Waals surface area contributed by atoms with Gasteiger partial charge in [-0.1, -0.05) is 30.3 Å². The third-order valence-corrected chi connectivity index (χ3v) is 2.99. The maximum atomic E-state index is 12.0. The summed E-state index contributed by atoms with van der Waals surface area (Å²) >= 11 is 0. The van der Waals surface area contributed by atoms with Crippen LogP contribution < -0.4 is 5.32 Å². The predicted octanol–water partition coefficient (Wildman–Crippen LogP) is 1.16. The molecule has 3 heteroatoms. The molecule has 0 aromatic heterocycles. The number of Topliss-reactive ketones (excluding diaryl/α,β-unsaturated/α-hetero) is 1. The largest absolute Gasteiger partial charge is 0.311 e. The highest BCUT2D eigenvalue weighted by molar-refractivity contribution is 5.96. The van der Waals surface area contributed by atoms with Gasteiger partial charge in [-0.25, -0.2) is 0 Å². The van der Waals surface area contributed by atoms with E-state index in [-0.39, 0.29) is 5.78 Å². The van der Waals surface area contributed by atoms with Crippen LogP contribution in [-0.4, -0.2) is 43.4 Å². The van der Waals surface area contributed by atoms with Gasteiger partial charge in [-0.2, -0.15) is 0 Å². The molecular formula is C13H18N2O. The van der Waals surface area contributed by atoms with Gasteiger partial charge in [-0.05, 0) is 7.05 Å². The van der Waals surface area contributed by atoms with E-state index in [2.05, 4.69) is 17.3 Å². The molecule has 1 heterocycles. The van der Waals surface area contributed by atoms with Crippen molar-refractivity contribution >= 4 is 5.78 Å². The molecule has 1 aliphatic heterocycles. The monoisotopic (exact) mass is 218 g/mol. The lowest BCUT2D eigenvalue weighted by Gasteiger charge is -2.30. The van der Waals surface area contributed by atoms with E-state index in [4.69, 9.17) is 0 Å². The van der Waals surface area contributed by atoms with Crippen molar-refractivity contribution in [3.63, 3.8) is 0 Å². The number of hydrogen-bond acceptors (Lipinski definition) is 3. The van der Waals surface area contributed by atoms with Gasteiger partial charge in [0.1, 0.15) is 0 Å². The second-order valence-corrected chi connectivity index (χ2v) is 4.41. The van der Waals surface area contributed by atoms with E-state index in [1.54, 1.807) is 0 Å². The lowest BCUT2D eigenvalue weighted by Crippen LogP contribution is -2.49. The molecule has 1 N–H and O–H groups in total. The maximum absolute atomic E-state index is 12.0. The number of carbonyl (C=O) groups is 1. The first-order valence-corrected chi connectivity index (χ1v) is 5.76. The Hall–Kier alpha value is -1.19. The van der Waals surface area contributed by atoms with Gasteiger partial charge < -0.3 is 10.2 Å². The summed E-state index contributed by atoms with van der Waals surface area (Å²) in [5, 5.41) is 3.39. The molecule has 1 saturated heterocycles. The fourth-order valence-electron chi connectivity index (χ4n) is 2.09. The van der Waals surface area contributed by atoms with Crippen molar-refractivity contribution in [2.45, 2.75) is 12.5 Å². The SMILES string of the molecule is CN1CCNC(CC(=O)c2ccccc2)C1. The van der Waals surface area contributed by atoms with Crippen LogP contribution in [0.3, 0.4) is 0 Å². The zero-order valence-electron chi connectivity index (χ0n) is 9.65. The number of carbonyl (C=O) groups excluding carboxylic acids is 1. The summed E-state index contributed by atoms with van der Waals surface area (Å²) in [6, 6.07) is 9.82. The van der Waals surface area contributed by atoms with Crippen LogP contribution in [0.25, 0.3) is 0 Å².